The Bertz CT molecular complexity index is 983. The second-order valence-electron chi connectivity index (χ2n) is 5.76. The van der Waals surface area contributed by atoms with Gasteiger partial charge in [0.1, 0.15) is 17.2 Å². The molecule has 2 aromatic heterocycles. The van der Waals surface area contributed by atoms with Crippen molar-refractivity contribution in [2.75, 3.05) is 11.9 Å². The lowest BCUT2D eigenvalue weighted by atomic mass is 10.1. The zero-order chi connectivity index (χ0) is 18.7. The molecule has 142 valence electrons. The van der Waals surface area contributed by atoms with Crippen LogP contribution in [0.2, 0.25) is 0 Å². The summed E-state index contributed by atoms with van der Waals surface area (Å²) in [6.45, 7) is 3.95. The molecular weight excluding hydrogens is 376 g/mol. The molecule has 0 atom stereocenters. The highest BCUT2D eigenvalue weighted by atomic mass is 35.5. The molecule has 1 N–H and O–H groups in total. The van der Waals surface area contributed by atoms with Crippen molar-refractivity contribution in [2.24, 2.45) is 0 Å². The summed E-state index contributed by atoms with van der Waals surface area (Å²) >= 11 is 0. The van der Waals surface area contributed by atoms with E-state index >= 15 is 0 Å². The summed E-state index contributed by atoms with van der Waals surface area (Å²) in [4.78, 5) is 20.9. The molecular formula is C19H18ClF2N3O2. The molecule has 0 saturated carbocycles. The molecule has 0 bridgehead atoms. The third-order valence-corrected chi connectivity index (χ3v) is 3.72. The van der Waals surface area contributed by atoms with Crippen LogP contribution >= 0.6 is 12.4 Å². The molecule has 0 fully saturated rings. The van der Waals surface area contributed by atoms with E-state index in [0.717, 1.165) is 17.8 Å². The van der Waals surface area contributed by atoms with Gasteiger partial charge in [-0.3, -0.25) is 0 Å². The molecule has 0 aliphatic heterocycles. The molecule has 3 aromatic rings. The Morgan fingerprint density at radius 2 is 2.00 bits per heavy atom. The summed E-state index contributed by atoms with van der Waals surface area (Å²) in [5.74, 6) is -2.04. The average Bonchev–Trinajstić information content (AvgIpc) is 2.61. The Labute approximate surface area is 161 Å². The van der Waals surface area contributed by atoms with Crippen LogP contribution in [0.25, 0.3) is 11.0 Å². The van der Waals surface area contributed by atoms with E-state index in [1.165, 1.54) is 12.3 Å². The van der Waals surface area contributed by atoms with Gasteiger partial charge in [-0.25, -0.2) is 23.5 Å². The molecule has 3 rings (SSSR count). The second kappa shape index (κ2) is 8.73. The van der Waals surface area contributed by atoms with E-state index in [4.69, 9.17) is 4.74 Å². The fourth-order valence-electron chi connectivity index (χ4n) is 2.46. The lowest BCUT2D eigenvalue weighted by Crippen LogP contribution is -2.11. The number of nitrogens with one attached hydrogen (secondary N) is 1. The van der Waals surface area contributed by atoms with Gasteiger partial charge in [0.05, 0.1) is 18.0 Å². The maximum absolute atomic E-state index is 14.1. The van der Waals surface area contributed by atoms with Gasteiger partial charge in [0.2, 0.25) is 0 Å². The summed E-state index contributed by atoms with van der Waals surface area (Å²) in [5, 5.41) is 3.40. The monoisotopic (exact) mass is 393 g/mol. The number of carbonyl (C=O) groups is 1. The third kappa shape index (κ3) is 4.49. The number of carbonyl (C=O) groups excluding carboxylic acids is 1. The molecule has 5 nitrogen and oxygen atoms in total. The van der Waals surface area contributed by atoms with Crippen molar-refractivity contribution in [2.45, 2.75) is 20.3 Å². The molecule has 0 aliphatic carbocycles. The van der Waals surface area contributed by atoms with Gasteiger partial charge >= 0.3 is 5.97 Å². The van der Waals surface area contributed by atoms with Crippen LogP contribution in [0.1, 0.15) is 29.4 Å². The van der Waals surface area contributed by atoms with Crippen molar-refractivity contribution in [3.05, 3.63) is 59.4 Å². The minimum absolute atomic E-state index is 0. The molecule has 0 saturated heterocycles. The van der Waals surface area contributed by atoms with Crippen LogP contribution in [-0.2, 0) is 4.74 Å². The van der Waals surface area contributed by atoms with E-state index in [2.05, 4.69) is 15.3 Å². The standard InChI is InChI=1S/C19H17F2N3O2.ClH/c1-3-8-26-19(25)14-10-22-18-13(6-4-11(2)23-18)17(14)24-16-7-5-12(20)9-15(16)21;/h4-7,9-10H,3,8H2,1-2H3,(H,22,23,24);1H. The number of aromatic nitrogens is 2. The highest BCUT2D eigenvalue weighted by molar-refractivity contribution is 6.05. The van der Waals surface area contributed by atoms with Crippen molar-refractivity contribution in [1.29, 1.82) is 0 Å². The lowest BCUT2D eigenvalue weighted by molar-refractivity contribution is 0.0506. The van der Waals surface area contributed by atoms with Crippen LogP contribution in [0.3, 0.4) is 0 Å². The predicted octanol–water partition coefficient (Wildman–Crippen LogP) is 4.95. The number of halogens is 3. The number of fused-ring (bicyclic) bond motifs is 1. The summed E-state index contributed by atoms with van der Waals surface area (Å²) in [6.07, 6.45) is 2.01. The first kappa shape index (κ1) is 20.5. The van der Waals surface area contributed by atoms with Gasteiger partial charge in [-0.1, -0.05) is 6.92 Å². The number of rotatable bonds is 5. The van der Waals surface area contributed by atoms with E-state index in [1.807, 2.05) is 13.8 Å². The maximum Gasteiger partial charge on any atom is 0.341 e. The van der Waals surface area contributed by atoms with Crippen LogP contribution in [0.15, 0.2) is 36.5 Å². The Kier molecular flexibility index (Phi) is 6.63. The number of hydrogen-bond acceptors (Lipinski definition) is 5. The SMILES string of the molecule is CCCOC(=O)c1cnc2nc(C)ccc2c1Nc1ccc(F)cc1F.Cl. The number of hydrogen-bond donors (Lipinski definition) is 1. The smallest absolute Gasteiger partial charge is 0.341 e. The van der Waals surface area contributed by atoms with Crippen LogP contribution < -0.4 is 5.32 Å². The minimum Gasteiger partial charge on any atom is -0.462 e. The van der Waals surface area contributed by atoms with Crippen LogP contribution in [0.4, 0.5) is 20.2 Å². The number of benzene rings is 1. The molecule has 0 aliphatic rings. The van der Waals surface area contributed by atoms with Gasteiger partial charge < -0.3 is 10.1 Å². The minimum atomic E-state index is -0.775. The molecule has 8 heteroatoms. The highest BCUT2D eigenvalue weighted by Crippen LogP contribution is 2.30. The highest BCUT2D eigenvalue weighted by Gasteiger charge is 2.19. The Morgan fingerprint density at radius 1 is 1.22 bits per heavy atom. The van der Waals surface area contributed by atoms with Crippen LogP contribution in [-0.4, -0.2) is 22.5 Å². The number of pyridine rings is 2. The van der Waals surface area contributed by atoms with E-state index in [9.17, 15) is 13.6 Å². The molecule has 0 unspecified atom stereocenters. The third-order valence-electron chi connectivity index (χ3n) is 3.72. The summed E-state index contributed by atoms with van der Waals surface area (Å²) < 4.78 is 32.4. The second-order valence-corrected chi connectivity index (χ2v) is 5.76. The van der Waals surface area contributed by atoms with E-state index in [-0.39, 0.29) is 30.3 Å². The van der Waals surface area contributed by atoms with Crippen LogP contribution in [0.5, 0.6) is 0 Å². The fourth-order valence-corrected chi connectivity index (χ4v) is 2.46. The quantitative estimate of drug-likeness (QED) is 0.621. The first-order valence-electron chi connectivity index (χ1n) is 8.15. The normalized spacial score (nSPS) is 10.4. The molecule has 2 heterocycles. The number of anilines is 2. The number of aryl methyl sites for hydroxylation is 1. The molecule has 0 amide bonds. The van der Waals surface area contributed by atoms with Gasteiger partial charge in [-0.2, -0.15) is 0 Å². The summed E-state index contributed by atoms with van der Waals surface area (Å²) in [7, 11) is 0. The largest absolute Gasteiger partial charge is 0.462 e. The fraction of sp³-hybridized carbons (Fsp3) is 0.211. The first-order chi connectivity index (χ1) is 12.5. The van der Waals surface area contributed by atoms with Gasteiger partial charge in [0, 0.05) is 23.3 Å². The van der Waals surface area contributed by atoms with Crippen molar-refractivity contribution < 1.29 is 18.3 Å². The number of ether oxygens (including phenoxy) is 1. The van der Waals surface area contributed by atoms with Gasteiger partial charge in [0.15, 0.2) is 5.65 Å². The van der Waals surface area contributed by atoms with Gasteiger partial charge in [-0.05, 0) is 37.6 Å². The van der Waals surface area contributed by atoms with Crippen molar-refractivity contribution >= 4 is 40.8 Å². The topological polar surface area (TPSA) is 64.1 Å². The lowest BCUT2D eigenvalue weighted by Gasteiger charge is -2.14. The molecule has 1 aromatic carbocycles. The van der Waals surface area contributed by atoms with E-state index < -0.39 is 17.6 Å². The van der Waals surface area contributed by atoms with Gasteiger partial charge in [-0.15, -0.1) is 12.4 Å². The maximum atomic E-state index is 14.1. The van der Waals surface area contributed by atoms with Gasteiger partial charge in [0.25, 0.3) is 0 Å². The van der Waals surface area contributed by atoms with Crippen molar-refractivity contribution in [3.63, 3.8) is 0 Å². The van der Waals surface area contributed by atoms with Crippen molar-refractivity contribution in [3.8, 4) is 0 Å². The van der Waals surface area contributed by atoms with Crippen LogP contribution in [0, 0.1) is 18.6 Å². The number of nitrogens with zero attached hydrogens (tertiary/aromatic N) is 2. The molecule has 0 spiro atoms. The molecule has 0 radical (unpaired) electrons. The van der Waals surface area contributed by atoms with E-state index in [1.54, 1.807) is 12.1 Å². The zero-order valence-corrected chi connectivity index (χ0v) is 15.6. The Morgan fingerprint density at radius 3 is 2.70 bits per heavy atom. The van der Waals surface area contributed by atoms with Crippen molar-refractivity contribution in [1.82, 2.24) is 9.97 Å². The first-order valence-corrected chi connectivity index (χ1v) is 8.15. The van der Waals surface area contributed by atoms with E-state index in [0.29, 0.717) is 23.1 Å². The summed E-state index contributed by atoms with van der Waals surface area (Å²) in [5.41, 5.74) is 1.66. The Hall–Kier alpha value is -2.80. The zero-order valence-electron chi connectivity index (χ0n) is 14.8. The molecule has 27 heavy (non-hydrogen) atoms. The Balaban J connectivity index is 0.00000261. The number of esters is 1. The average molecular weight is 394 g/mol. The summed E-state index contributed by atoms with van der Waals surface area (Å²) in [6, 6.07) is 6.66. The predicted molar refractivity (Wildman–Crippen MR) is 102 cm³/mol.